The highest BCUT2D eigenvalue weighted by molar-refractivity contribution is 6.31. The second-order valence-corrected chi connectivity index (χ2v) is 5.15. The van der Waals surface area contributed by atoms with Crippen molar-refractivity contribution in [2.24, 2.45) is 0 Å². The van der Waals surface area contributed by atoms with Crippen molar-refractivity contribution in [3.63, 3.8) is 0 Å². The van der Waals surface area contributed by atoms with Gasteiger partial charge < -0.3 is 14.4 Å². The summed E-state index contributed by atoms with van der Waals surface area (Å²) in [4.78, 5) is 0. The second-order valence-electron chi connectivity index (χ2n) is 4.72. The van der Waals surface area contributed by atoms with Gasteiger partial charge in [-0.05, 0) is 49.4 Å². The maximum atomic E-state index is 13.1. The molecule has 1 unspecified atom stereocenters. The molecule has 0 aliphatic heterocycles. The van der Waals surface area contributed by atoms with Crippen LogP contribution in [0.5, 0.6) is 5.75 Å². The topological polar surface area (TPSA) is 34.4 Å². The smallest absolute Gasteiger partial charge is 0.194 e. The van der Waals surface area contributed by atoms with Crippen LogP contribution >= 0.6 is 11.6 Å². The Morgan fingerprint density at radius 3 is 2.57 bits per heavy atom. The number of aliphatic hydroxyl groups is 1. The van der Waals surface area contributed by atoms with E-state index in [0.29, 0.717) is 10.8 Å². The highest BCUT2D eigenvalue weighted by Crippen LogP contribution is 2.33. The summed E-state index contributed by atoms with van der Waals surface area (Å²) in [5.41, 5.74) is 1.66. The molecule has 3 aromatic rings. The lowest BCUT2D eigenvalue weighted by molar-refractivity contribution is 0.000799. The molecule has 0 aliphatic carbocycles. The molecular formula is C16H13ClFNO2. The van der Waals surface area contributed by atoms with E-state index in [1.165, 1.54) is 19.1 Å². The fourth-order valence-corrected chi connectivity index (χ4v) is 2.44. The molecule has 108 valence electrons. The summed E-state index contributed by atoms with van der Waals surface area (Å²) in [6.45, 7) is 1.53. The molecule has 0 radical (unpaired) electrons. The van der Waals surface area contributed by atoms with Crippen LogP contribution in [0.15, 0.2) is 48.7 Å². The van der Waals surface area contributed by atoms with Gasteiger partial charge in [-0.15, -0.1) is 0 Å². The molecule has 0 aliphatic rings. The van der Waals surface area contributed by atoms with Gasteiger partial charge in [-0.2, -0.15) is 0 Å². The molecule has 0 spiro atoms. The van der Waals surface area contributed by atoms with Crippen LogP contribution in [-0.2, 0) is 0 Å². The van der Waals surface area contributed by atoms with Gasteiger partial charge in [0, 0.05) is 16.1 Å². The number of ether oxygens (including phenoxy) is 1. The van der Waals surface area contributed by atoms with E-state index in [-0.39, 0.29) is 5.82 Å². The fourth-order valence-electron chi connectivity index (χ4n) is 2.27. The molecule has 0 bridgehead atoms. The van der Waals surface area contributed by atoms with Crippen molar-refractivity contribution < 1.29 is 14.2 Å². The molecule has 0 saturated carbocycles. The van der Waals surface area contributed by atoms with Crippen LogP contribution < -0.4 is 4.74 Å². The van der Waals surface area contributed by atoms with Gasteiger partial charge in [0.2, 0.25) is 0 Å². The minimum Gasteiger partial charge on any atom is -0.463 e. The van der Waals surface area contributed by atoms with Crippen molar-refractivity contribution in [2.45, 2.75) is 13.2 Å². The van der Waals surface area contributed by atoms with E-state index in [4.69, 9.17) is 16.3 Å². The monoisotopic (exact) mass is 305 g/mol. The molecule has 1 aromatic heterocycles. The zero-order valence-corrected chi connectivity index (χ0v) is 12.0. The van der Waals surface area contributed by atoms with Crippen LogP contribution in [0.25, 0.3) is 16.6 Å². The summed E-state index contributed by atoms with van der Waals surface area (Å²) in [6, 6.07) is 11.5. The van der Waals surface area contributed by atoms with Gasteiger partial charge >= 0.3 is 0 Å². The van der Waals surface area contributed by atoms with Crippen LogP contribution in [0, 0.1) is 5.82 Å². The van der Waals surface area contributed by atoms with Crippen LogP contribution in [0.1, 0.15) is 6.92 Å². The van der Waals surface area contributed by atoms with E-state index in [9.17, 15) is 9.50 Å². The summed E-state index contributed by atoms with van der Waals surface area (Å²) in [6.07, 6.45) is 0.817. The Morgan fingerprint density at radius 1 is 1.19 bits per heavy atom. The predicted molar refractivity (Wildman–Crippen MR) is 80.6 cm³/mol. The molecule has 1 N–H and O–H groups in total. The van der Waals surface area contributed by atoms with Crippen LogP contribution in [0.3, 0.4) is 0 Å². The zero-order valence-electron chi connectivity index (χ0n) is 11.3. The van der Waals surface area contributed by atoms with E-state index >= 15 is 0 Å². The highest BCUT2D eigenvalue weighted by Gasteiger charge is 2.13. The number of aliphatic hydroxyl groups excluding tert-OH is 1. The third kappa shape index (κ3) is 2.73. The molecule has 1 atom stereocenters. The minimum absolute atomic E-state index is 0.293. The summed E-state index contributed by atoms with van der Waals surface area (Å²) in [7, 11) is 0. The van der Waals surface area contributed by atoms with Crippen molar-refractivity contribution in [1.82, 2.24) is 4.57 Å². The summed E-state index contributed by atoms with van der Waals surface area (Å²) in [5.74, 6) is 0.227. The maximum Gasteiger partial charge on any atom is 0.194 e. The van der Waals surface area contributed by atoms with Gasteiger partial charge in [0.15, 0.2) is 6.29 Å². The first-order valence-corrected chi connectivity index (χ1v) is 6.83. The van der Waals surface area contributed by atoms with Crippen molar-refractivity contribution in [3.8, 4) is 11.4 Å². The van der Waals surface area contributed by atoms with Gasteiger partial charge in [-0.25, -0.2) is 4.39 Å². The Labute approximate surface area is 126 Å². The van der Waals surface area contributed by atoms with Crippen molar-refractivity contribution >= 4 is 22.5 Å². The summed E-state index contributed by atoms with van der Waals surface area (Å²) < 4.78 is 20.3. The standard InChI is InChI=1S/C16H13ClFNO2/c1-10(20)21-16-9-19(13-5-3-12(18)4-6-13)15-7-2-11(17)8-14(15)16/h2-10,20H,1H3. The molecule has 0 amide bonds. The molecule has 3 rings (SSSR count). The van der Waals surface area contributed by atoms with E-state index in [1.54, 1.807) is 30.5 Å². The van der Waals surface area contributed by atoms with Gasteiger partial charge in [-0.3, -0.25) is 0 Å². The van der Waals surface area contributed by atoms with E-state index in [0.717, 1.165) is 16.6 Å². The van der Waals surface area contributed by atoms with Crippen LogP contribution in [0.4, 0.5) is 4.39 Å². The first-order valence-electron chi connectivity index (χ1n) is 6.46. The molecule has 2 aromatic carbocycles. The quantitative estimate of drug-likeness (QED) is 0.738. The second kappa shape index (κ2) is 5.39. The zero-order chi connectivity index (χ0) is 15.0. The lowest BCUT2D eigenvalue weighted by atomic mass is 10.2. The van der Waals surface area contributed by atoms with E-state index in [2.05, 4.69) is 0 Å². The Balaban J connectivity index is 2.20. The van der Waals surface area contributed by atoms with Crippen molar-refractivity contribution in [1.29, 1.82) is 0 Å². The third-order valence-corrected chi connectivity index (χ3v) is 3.37. The Bertz CT molecular complexity index is 781. The number of rotatable bonds is 3. The number of nitrogens with zero attached hydrogens (tertiary/aromatic N) is 1. The number of hydrogen-bond donors (Lipinski definition) is 1. The maximum absolute atomic E-state index is 13.1. The molecule has 3 nitrogen and oxygen atoms in total. The largest absolute Gasteiger partial charge is 0.463 e. The Hall–Kier alpha value is -2.04. The SMILES string of the molecule is CC(O)Oc1cn(-c2ccc(F)cc2)c2ccc(Cl)cc12. The lowest BCUT2D eigenvalue weighted by Gasteiger charge is -2.06. The predicted octanol–water partition coefficient (Wildman–Crippen LogP) is 4.14. The fraction of sp³-hybridized carbons (Fsp3) is 0.125. The van der Waals surface area contributed by atoms with E-state index < -0.39 is 6.29 Å². The molecule has 21 heavy (non-hydrogen) atoms. The molecule has 0 fully saturated rings. The molecule has 1 heterocycles. The van der Waals surface area contributed by atoms with E-state index in [1.807, 2.05) is 10.6 Å². The van der Waals surface area contributed by atoms with Crippen LogP contribution in [-0.4, -0.2) is 16.0 Å². The molecular weight excluding hydrogens is 293 g/mol. The van der Waals surface area contributed by atoms with Gasteiger partial charge in [0.1, 0.15) is 11.6 Å². The van der Waals surface area contributed by atoms with Crippen molar-refractivity contribution in [2.75, 3.05) is 0 Å². The van der Waals surface area contributed by atoms with Crippen LogP contribution in [0.2, 0.25) is 5.02 Å². The number of halogens is 2. The number of aromatic nitrogens is 1. The summed E-state index contributed by atoms with van der Waals surface area (Å²) >= 11 is 6.03. The normalized spacial score (nSPS) is 12.6. The van der Waals surface area contributed by atoms with Gasteiger partial charge in [-0.1, -0.05) is 11.6 Å². The lowest BCUT2D eigenvalue weighted by Crippen LogP contribution is -2.09. The highest BCUT2D eigenvalue weighted by atomic mass is 35.5. The molecule has 0 saturated heterocycles. The average Bonchev–Trinajstić information content (AvgIpc) is 2.77. The Morgan fingerprint density at radius 2 is 1.90 bits per heavy atom. The summed E-state index contributed by atoms with van der Waals surface area (Å²) in [5, 5.41) is 10.8. The minimum atomic E-state index is -0.934. The number of benzene rings is 2. The third-order valence-electron chi connectivity index (χ3n) is 3.13. The number of fused-ring (bicyclic) bond motifs is 1. The average molecular weight is 306 g/mol. The molecule has 5 heteroatoms. The Kier molecular flexibility index (Phi) is 3.57. The first kappa shape index (κ1) is 13.9. The number of hydrogen-bond acceptors (Lipinski definition) is 2. The van der Waals surface area contributed by atoms with Gasteiger partial charge in [0.25, 0.3) is 0 Å². The van der Waals surface area contributed by atoms with Gasteiger partial charge in [0.05, 0.1) is 11.7 Å². The first-order chi connectivity index (χ1) is 10.0. The van der Waals surface area contributed by atoms with Crippen molar-refractivity contribution in [3.05, 3.63) is 59.5 Å².